The molecule has 1 fully saturated rings. The van der Waals surface area contributed by atoms with Crippen LogP contribution in [0.3, 0.4) is 0 Å². The number of aliphatic hydroxyl groups excluding tert-OH is 4. The second kappa shape index (κ2) is 53.8. The molecular weight excluding hydrogens is 939 g/mol. The maximum Gasteiger partial charge on any atom is 0.217 e. The number of ether oxygens (including phenoxy) is 12. The Balaban J connectivity index is 1.66. The third-order valence-corrected chi connectivity index (χ3v) is 13.4. The predicted molar refractivity (Wildman–Crippen MR) is 270 cm³/mol. The van der Waals surface area contributed by atoms with Gasteiger partial charge in [-0.3, -0.25) is 4.79 Å². The zero-order valence-electron chi connectivity index (χ0n) is 42.5. The van der Waals surface area contributed by atoms with Crippen LogP contribution in [-0.4, -0.2) is 220 Å². The highest BCUT2D eigenvalue weighted by Gasteiger charge is 2.45. The van der Waals surface area contributed by atoms with E-state index in [-0.39, 0.29) is 19.8 Å². The van der Waals surface area contributed by atoms with Crippen molar-refractivity contribution in [3.05, 3.63) is 0 Å². The monoisotopic (exact) mass is 1040 g/mol. The number of rotatable bonds is 56. The summed E-state index contributed by atoms with van der Waals surface area (Å²) in [7, 11) is 4.14. The lowest BCUT2D eigenvalue weighted by atomic mass is 9.97. The Hall–Kier alpha value is -0.470. The van der Waals surface area contributed by atoms with Crippen LogP contribution in [0, 0.1) is 0 Å². The number of hydrogen-bond acceptors (Lipinski definition) is 19. The van der Waals surface area contributed by atoms with E-state index < -0.39 is 43.2 Å². The Labute approximate surface area is 423 Å². The topological polar surface area (TPSA) is 221 Å². The molecule has 1 saturated heterocycles. The zero-order chi connectivity index (χ0) is 49.8. The molecule has 412 valence electrons. The van der Waals surface area contributed by atoms with Crippen molar-refractivity contribution >= 4 is 27.5 Å². The molecule has 69 heavy (non-hydrogen) atoms. The number of aliphatic hydroxyl groups is 4. The molecule has 1 aliphatic rings. The van der Waals surface area contributed by atoms with E-state index in [1.807, 2.05) is 0 Å². The van der Waals surface area contributed by atoms with E-state index in [2.05, 4.69) is 26.9 Å². The highest BCUT2D eigenvalue weighted by molar-refractivity contribution is 8.76. The van der Waals surface area contributed by atoms with E-state index in [1.54, 1.807) is 0 Å². The van der Waals surface area contributed by atoms with Crippen LogP contribution in [0.1, 0.15) is 116 Å². The Morgan fingerprint density at radius 2 is 0.725 bits per heavy atom. The van der Waals surface area contributed by atoms with Gasteiger partial charge < -0.3 is 82.6 Å². The van der Waals surface area contributed by atoms with Crippen molar-refractivity contribution in [1.29, 1.82) is 0 Å². The van der Waals surface area contributed by atoms with Crippen molar-refractivity contribution in [3.63, 3.8) is 0 Å². The van der Waals surface area contributed by atoms with Crippen LogP contribution in [0.25, 0.3) is 0 Å². The fourth-order valence-corrected chi connectivity index (χ4v) is 9.30. The standard InChI is InChI=1S/C49H97NO17S2/c1-44(53)50-46-48(55)47(54)45(43-52)67-49(46)66-40-39-65-38-37-64-36-35-63-34-33-62-32-30-60-27-24-57-21-16-12-8-4-6-10-14-18-42-69-68-41-17-13-9-5-2-3-7-11-15-20-56-23-26-59-29-31-61-28-25-58-22-19-51/h45-49,51-52,54-55H,2-43H2,1H3,(H,50,53)/t45?,46?,47-,48?,49-/m1/s1. The number of hydrogen-bond donors (Lipinski definition) is 5. The Bertz CT molecular complexity index is 1050. The molecule has 3 unspecified atom stereocenters. The van der Waals surface area contributed by atoms with Gasteiger partial charge in [0, 0.05) is 31.6 Å². The lowest BCUT2D eigenvalue weighted by Crippen LogP contribution is -2.64. The van der Waals surface area contributed by atoms with Gasteiger partial charge in [-0.15, -0.1) is 0 Å². The Kier molecular flexibility index (Phi) is 51.9. The van der Waals surface area contributed by atoms with Gasteiger partial charge in [-0.1, -0.05) is 105 Å². The summed E-state index contributed by atoms with van der Waals surface area (Å²) in [6, 6.07) is -0.983. The Morgan fingerprint density at radius 1 is 0.420 bits per heavy atom. The van der Waals surface area contributed by atoms with Crippen LogP contribution in [0.5, 0.6) is 0 Å². The minimum absolute atomic E-state index is 0.0438. The molecule has 18 nitrogen and oxygen atoms in total. The summed E-state index contributed by atoms with van der Waals surface area (Å²) in [5, 5.41) is 40.9. The molecular formula is C49H97NO17S2. The van der Waals surface area contributed by atoms with Crippen LogP contribution in [-0.2, 0) is 61.6 Å². The van der Waals surface area contributed by atoms with Gasteiger partial charge in [0.1, 0.15) is 24.4 Å². The SMILES string of the molecule is CC(=O)NC1C(O)[C@H](O)C(CO)O[C@H]1OCCOCCOCCOCCOCCOCCOCCCCCCCCCCSSCCCCCCCCCCCOCCOCCOCCOCCO. The number of amides is 1. The second-order valence-corrected chi connectivity index (χ2v) is 19.5. The number of unbranched alkanes of at least 4 members (excludes halogenated alkanes) is 15. The van der Waals surface area contributed by atoms with E-state index in [9.17, 15) is 20.1 Å². The molecule has 20 heteroatoms. The van der Waals surface area contributed by atoms with Crippen LogP contribution < -0.4 is 5.32 Å². The maximum absolute atomic E-state index is 11.5. The van der Waals surface area contributed by atoms with Gasteiger partial charge in [0.25, 0.3) is 0 Å². The molecule has 0 aliphatic carbocycles. The lowest BCUT2D eigenvalue weighted by molar-refractivity contribution is -0.272. The van der Waals surface area contributed by atoms with Crippen molar-refractivity contribution in [3.8, 4) is 0 Å². The first-order chi connectivity index (χ1) is 34.0. The quantitative estimate of drug-likeness (QED) is 0.0394. The third kappa shape index (κ3) is 44.7. The summed E-state index contributed by atoms with van der Waals surface area (Å²) >= 11 is 0. The fraction of sp³-hybridized carbons (Fsp3) is 0.980. The normalized spacial score (nSPS) is 18.4. The summed E-state index contributed by atoms with van der Waals surface area (Å²) in [5.74, 6) is 2.16. The van der Waals surface area contributed by atoms with Crippen molar-refractivity contribution < 1.29 is 82.1 Å². The van der Waals surface area contributed by atoms with E-state index in [4.69, 9.17) is 61.9 Å². The number of carbonyl (C=O) groups excluding carboxylic acids is 1. The number of carbonyl (C=O) groups is 1. The molecule has 0 aromatic heterocycles. The van der Waals surface area contributed by atoms with Gasteiger partial charge in [0.15, 0.2) is 6.29 Å². The minimum atomic E-state index is -1.36. The second-order valence-electron chi connectivity index (χ2n) is 16.8. The third-order valence-electron chi connectivity index (χ3n) is 10.8. The molecule has 5 atom stereocenters. The molecule has 5 N–H and O–H groups in total. The number of nitrogens with one attached hydrogen (secondary N) is 1. The van der Waals surface area contributed by atoms with Crippen molar-refractivity contribution in [2.45, 2.75) is 147 Å². The first-order valence-electron chi connectivity index (χ1n) is 26.1. The first-order valence-corrected chi connectivity index (χ1v) is 28.6. The molecule has 1 amide bonds. The molecule has 0 saturated carbocycles. The van der Waals surface area contributed by atoms with Gasteiger partial charge in [-0.2, -0.15) is 0 Å². The minimum Gasteiger partial charge on any atom is -0.394 e. The molecule has 1 aliphatic heterocycles. The molecule has 0 aromatic rings. The van der Waals surface area contributed by atoms with Crippen molar-refractivity contribution in [1.82, 2.24) is 5.32 Å². The van der Waals surface area contributed by atoms with Crippen LogP contribution >= 0.6 is 21.6 Å². The zero-order valence-corrected chi connectivity index (χ0v) is 44.1. The summed E-state index contributed by atoms with van der Waals surface area (Å²) in [6.45, 7) is 11.3. The van der Waals surface area contributed by atoms with Gasteiger partial charge in [0.05, 0.1) is 139 Å². The highest BCUT2D eigenvalue weighted by atomic mass is 33.1. The molecule has 0 bridgehead atoms. The van der Waals surface area contributed by atoms with E-state index in [0.29, 0.717) is 112 Å². The fourth-order valence-electron chi connectivity index (χ4n) is 7.01. The summed E-state index contributed by atoms with van der Waals surface area (Å²) < 4.78 is 66.1. The van der Waals surface area contributed by atoms with Gasteiger partial charge >= 0.3 is 0 Å². The molecule has 0 radical (unpaired) electrons. The average Bonchev–Trinajstić information content (AvgIpc) is 3.34. The smallest absolute Gasteiger partial charge is 0.217 e. The average molecular weight is 1040 g/mol. The van der Waals surface area contributed by atoms with E-state index >= 15 is 0 Å². The van der Waals surface area contributed by atoms with E-state index in [0.717, 1.165) is 26.1 Å². The highest BCUT2D eigenvalue weighted by Crippen LogP contribution is 2.25. The molecule has 0 aromatic carbocycles. The first kappa shape index (κ1) is 66.5. The van der Waals surface area contributed by atoms with E-state index in [1.165, 1.54) is 115 Å². The Morgan fingerprint density at radius 3 is 1.06 bits per heavy atom. The largest absolute Gasteiger partial charge is 0.394 e. The molecule has 0 spiro atoms. The van der Waals surface area contributed by atoms with Gasteiger partial charge in [-0.25, -0.2) is 0 Å². The van der Waals surface area contributed by atoms with Gasteiger partial charge in [0.2, 0.25) is 5.91 Å². The predicted octanol–water partition coefficient (Wildman–Crippen LogP) is 5.12. The van der Waals surface area contributed by atoms with Crippen LogP contribution in [0.15, 0.2) is 0 Å². The molecule has 1 rings (SSSR count). The lowest BCUT2D eigenvalue weighted by Gasteiger charge is -2.42. The molecule has 1 heterocycles. The van der Waals surface area contributed by atoms with Crippen LogP contribution in [0.4, 0.5) is 0 Å². The van der Waals surface area contributed by atoms with Crippen LogP contribution in [0.2, 0.25) is 0 Å². The van der Waals surface area contributed by atoms with Crippen molar-refractivity contribution in [2.24, 2.45) is 0 Å². The summed E-state index contributed by atoms with van der Waals surface area (Å²) in [6.07, 6.45) is 17.4. The maximum atomic E-state index is 11.5. The summed E-state index contributed by atoms with van der Waals surface area (Å²) in [4.78, 5) is 11.5. The van der Waals surface area contributed by atoms with Gasteiger partial charge in [-0.05, 0) is 25.7 Å². The van der Waals surface area contributed by atoms with Crippen molar-refractivity contribution in [2.75, 3.05) is 163 Å². The summed E-state index contributed by atoms with van der Waals surface area (Å²) in [5.41, 5.74) is 0.